The highest BCUT2D eigenvalue weighted by Crippen LogP contribution is 2.45. The van der Waals surface area contributed by atoms with Crippen molar-refractivity contribution in [1.82, 2.24) is 0 Å². The first-order chi connectivity index (χ1) is 51.7. The monoisotopic (exact) mass is 1520 g/mol. The molecule has 0 fully saturated rings. The van der Waals surface area contributed by atoms with Crippen LogP contribution in [0.2, 0.25) is 0 Å². The zero-order valence-corrected chi connectivity index (χ0v) is 67.6. The number of hydrogen-bond donors (Lipinski definition) is 3. The Morgan fingerprint density at radius 1 is 0.274 bits per heavy atom. The Balaban J connectivity index is 5.46. The van der Waals surface area contributed by atoms with E-state index in [1.807, 2.05) is 18.2 Å². The molecule has 5 unspecified atom stereocenters. The van der Waals surface area contributed by atoms with Gasteiger partial charge in [-0.3, -0.25) is 37.3 Å². The number of rotatable bonds is 74. The fraction of sp³-hybridized carbons (Fsp3) is 0.632. The van der Waals surface area contributed by atoms with Gasteiger partial charge in [-0.1, -0.05) is 301 Å². The molecule has 3 N–H and O–H groups in total. The number of carbonyl (C=O) groups is 4. The summed E-state index contributed by atoms with van der Waals surface area (Å²) in [4.78, 5) is 73.0. The lowest BCUT2D eigenvalue weighted by molar-refractivity contribution is -0.161. The molecule has 0 radical (unpaired) electrons. The van der Waals surface area contributed by atoms with Crippen molar-refractivity contribution >= 4 is 39.5 Å². The molecule has 0 aromatic heterocycles. The van der Waals surface area contributed by atoms with E-state index >= 15 is 0 Å². The molecule has 0 bridgehead atoms. The minimum atomic E-state index is -5.01. The average molecular weight is 1520 g/mol. The summed E-state index contributed by atoms with van der Waals surface area (Å²) in [6, 6.07) is 0. The van der Waals surface area contributed by atoms with E-state index < -0.39 is 97.5 Å². The number of carbonyl (C=O) groups excluding carboxylic acids is 4. The van der Waals surface area contributed by atoms with Crippen LogP contribution in [-0.4, -0.2) is 96.7 Å². The number of aliphatic hydroxyl groups is 1. The number of phosphoric acid groups is 2. The Bertz CT molecular complexity index is 2680. The lowest BCUT2D eigenvalue weighted by Crippen LogP contribution is -2.30. The molecule has 0 amide bonds. The van der Waals surface area contributed by atoms with E-state index in [0.717, 1.165) is 154 Å². The molecule has 602 valence electrons. The summed E-state index contributed by atoms with van der Waals surface area (Å²) in [7, 11) is -10.0. The Morgan fingerprint density at radius 3 is 0.830 bits per heavy atom. The number of hydrogen-bond acceptors (Lipinski definition) is 15. The Labute approximate surface area is 642 Å². The number of ether oxygens (including phenoxy) is 4. The molecule has 0 aliphatic rings. The molecule has 5 atom stereocenters. The Hall–Kier alpha value is -5.58. The van der Waals surface area contributed by atoms with E-state index in [0.29, 0.717) is 38.5 Å². The highest BCUT2D eigenvalue weighted by molar-refractivity contribution is 7.47. The zero-order chi connectivity index (χ0) is 77.4. The number of allylic oxidation sites excluding steroid dienone is 28. The number of phosphoric ester groups is 2. The smallest absolute Gasteiger partial charge is 0.462 e. The van der Waals surface area contributed by atoms with Gasteiger partial charge >= 0.3 is 39.5 Å². The van der Waals surface area contributed by atoms with Crippen molar-refractivity contribution < 1.29 is 80.2 Å². The van der Waals surface area contributed by atoms with E-state index in [9.17, 15) is 43.2 Å². The summed E-state index contributed by atoms with van der Waals surface area (Å²) in [5.41, 5.74) is 0. The lowest BCUT2D eigenvalue weighted by atomic mass is 10.0. The van der Waals surface area contributed by atoms with Crippen molar-refractivity contribution in [2.24, 2.45) is 0 Å². The summed E-state index contributed by atoms with van der Waals surface area (Å²) < 4.78 is 68.5. The van der Waals surface area contributed by atoms with Gasteiger partial charge in [0, 0.05) is 25.7 Å². The van der Waals surface area contributed by atoms with Crippen LogP contribution in [-0.2, 0) is 65.4 Å². The van der Waals surface area contributed by atoms with E-state index in [4.69, 9.17) is 37.0 Å². The predicted molar refractivity (Wildman–Crippen MR) is 436 cm³/mol. The van der Waals surface area contributed by atoms with Gasteiger partial charge in [0.05, 0.1) is 26.4 Å². The zero-order valence-electron chi connectivity index (χ0n) is 65.8. The second kappa shape index (κ2) is 77.6. The van der Waals surface area contributed by atoms with Crippen molar-refractivity contribution in [3.05, 3.63) is 170 Å². The second-order valence-electron chi connectivity index (χ2n) is 26.2. The van der Waals surface area contributed by atoms with Crippen molar-refractivity contribution in [2.45, 2.75) is 316 Å². The van der Waals surface area contributed by atoms with Gasteiger partial charge in [0.15, 0.2) is 12.2 Å². The van der Waals surface area contributed by atoms with Crippen LogP contribution in [0.3, 0.4) is 0 Å². The molecule has 19 heteroatoms. The molecule has 0 heterocycles. The van der Waals surface area contributed by atoms with E-state index in [1.54, 1.807) is 0 Å². The first-order valence-corrected chi connectivity index (χ1v) is 43.4. The van der Waals surface area contributed by atoms with E-state index in [1.165, 1.54) is 51.4 Å². The molecular formula is C87H142O17P2. The molecule has 0 aliphatic carbocycles. The summed E-state index contributed by atoms with van der Waals surface area (Å²) in [5, 5.41) is 10.6. The van der Waals surface area contributed by atoms with E-state index in [2.05, 4.69) is 180 Å². The topological polar surface area (TPSA) is 237 Å². The van der Waals surface area contributed by atoms with Crippen LogP contribution in [0.25, 0.3) is 0 Å². The molecule has 17 nitrogen and oxygen atoms in total. The van der Waals surface area contributed by atoms with Crippen LogP contribution in [0, 0.1) is 0 Å². The maximum absolute atomic E-state index is 13.1. The van der Waals surface area contributed by atoms with Gasteiger partial charge in [-0.25, -0.2) is 9.13 Å². The van der Waals surface area contributed by atoms with Crippen LogP contribution >= 0.6 is 15.6 Å². The quantitative estimate of drug-likeness (QED) is 0.0169. The van der Waals surface area contributed by atoms with Crippen LogP contribution < -0.4 is 0 Å². The maximum Gasteiger partial charge on any atom is 0.472 e. The second-order valence-corrected chi connectivity index (χ2v) is 29.1. The lowest BCUT2D eigenvalue weighted by Gasteiger charge is -2.21. The fourth-order valence-corrected chi connectivity index (χ4v) is 11.7. The molecule has 0 aromatic rings. The van der Waals surface area contributed by atoms with Gasteiger partial charge in [-0.05, 0) is 141 Å². The van der Waals surface area contributed by atoms with Crippen LogP contribution in [0.5, 0.6) is 0 Å². The Morgan fingerprint density at radius 2 is 0.509 bits per heavy atom. The van der Waals surface area contributed by atoms with Crippen LogP contribution in [0.1, 0.15) is 297 Å². The van der Waals surface area contributed by atoms with Crippen LogP contribution in [0.15, 0.2) is 170 Å². The number of aliphatic hydroxyl groups excluding tert-OH is 1. The van der Waals surface area contributed by atoms with E-state index in [-0.39, 0.29) is 25.7 Å². The van der Waals surface area contributed by atoms with Crippen molar-refractivity contribution in [3.8, 4) is 0 Å². The Kier molecular flexibility index (Phi) is 73.5. The van der Waals surface area contributed by atoms with Crippen molar-refractivity contribution in [1.29, 1.82) is 0 Å². The first-order valence-electron chi connectivity index (χ1n) is 40.4. The highest BCUT2D eigenvalue weighted by Gasteiger charge is 2.30. The molecular weight excluding hydrogens is 1380 g/mol. The van der Waals surface area contributed by atoms with Crippen molar-refractivity contribution in [2.75, 3.05) is 39.6 Å². The third kappa shape index (κ3) is 76.6. The van der Waals surface area contributed by atoms with Gasteiger partial charge < -0.3 is 33.8 Å². The van der Waals surface area contributed by atoms with Gasteiger partial charge in [0.25, 0.3) is 0 Å². The molecule has 0 rings (SSSR count). The third-order valence-electron chi connectivity index (χ3n) is 16.2. The van der Waals surface area contributed by atoms with Crippen LogP contribution in [0.4, 0.5) is 0 Å². The number of esters is 4. The molecule has 0 saturated carbocycles. The maximum atomic E-state index is 13.1. The molecule has 0 aliphatic heterocycles. The van der Waals surface area contributed by atoms with Gasteiger partial charge in [0.2, 0.25) is 0 Å². The summed E-state index contributed by atoms with van der Waals surface area (Å²) in [6.07, 6.45) is 92.1. The third-order valence-corrected chi connectivity index (χ3v) is 18.1. The number of unbranched alkanes of at least 4 members (excludes halogenated alkanes) is 20. The summed E-state index contributed by atoms with van der Waals surface area (Å²) in [6.45, 7) is 4.38. The van der Waals surface area contributed by atoms with Gasteiger partial charge in [-0.15, -0.1) is 0 Å². The SMILES string of the molecule is CC/C=C\C/C=C\C/C=C\C/C=C\C/C=C\C/C=C\CCC(=O)OCC(COP(=O)(O)OCC(O)COP(=O)(O)OCC(COC(=O)CCCCCCCC/C=C\C/C=C\C/C=C\C/C=C\CC)OC(=O)CCCCCCCCCCCCCCC)OC(=O)CCCC/C=C\C/C=C\C/C=C\C/C=C\CC. The first kappa shape index (κ1) is 100. The summed E-state index contributed by atoms with van der Waals surface area (Å²) in [5.74, 6) is -2.34. The van der Waals surface area contributed by atoms with Crippen molar-refractivity contribution in [3.63, 3.8) is 0 Å². The van der Waals surface area contributed by atoms with Gasteiger partial charge in [-0.2, -0.15) is 0 Å². The predicted octanol–water partition coefficient (Wildman–Crippen LogP) is 23.8. The molecule has 0 aromatic carbocycles. The molecule has 0 spiro atoms. The fourth-order valence-electron chi connectivity index (χ4n) is 10.2. The average Bonchev–Trinajstić information content (AvgIpc) is 0.933. The minimum absolute atomic E-state index is 0.0210. The molecule has 106 heavy (non-hydrogen) atoms. The largest absolute Gasteiger partial charge is 0.472 e. The minimum Gasteiger partial charge on any atom is -0.462 e. The molecule has 0 saturated heterocycles. The normalized spacial score (nSPS) is 14.7. The van der Waals surface area contributed by atoms with Gasteiger partial charge in [0.1, 0.15) is 19.3 Å². The standard InChI is InChI=1S/C87H142O17P2/c1-5-9-13-17-21-25-29-33-36-38-40-42-45-48-51-55-59-63-67-71-84(89)97-77-82(103-86(91)73-69-65-61-57-53-47-32-28-24-20-16-12-8-4)79-101-105(93,94)99-75-81(88)76-100-106(95,96)102-80-83(104-87(92)74-70-66-62-58-54-50-44-35-31-27-23-19-15-11-7-3)78-98-85(90)72-68-64-60-56-52-49-46-43-41-39-37-34-30-26-22-18-14-10-6-2/h9-11,13-15,21-23,25-27,33-37,40-44,49,52,54,58,60,64,81-83,88H,5-8,12,16-20,24,28-32,38-39,45-48,50-51,53,55-57,59,61-63,65-80H2,1-4H3,(H,93,94)(H,95,96)/b13-9-,14-10-,15-11-,25-21-,26-22-,27-23-,36-33-,37-34-,42-40-,43-41-,44-35-,52-49-,58-54-,64-60-. The summed E-state index contributed by atoms with van der Waals surface area (Å²) >= 11 is 0. The highest BCUT2D eigenvalue weighted by atomic mass is 31.2.